The average Bonchev–Trinajstić information content (AvgIpc) is 2.42. The molecule has 0 spiro atoms. The Labute approximate surface area is 131 Å². The van der Waals surface area contributed by atoms with Crippen molar-refractivity contribution in [2.45, 2.75) is 33.3 Å². The zero-order valence-corrected chi connectivity index (χ0v) is 13.7. The topological polar surface area (TPSA) is 79.5 Å². The number of hydrogen-bond acceptors (Lipinski definition) is 4. The maximum atomic E-state index is 11.6. The van der Waals surface area contributed by atoms with Gasteiger partial charge in [-0.1, -0.05) is 0 Å². The van der Waals surface area contributed by atoms with Crippen molar-refractivity contribution in [3.63, 3.8) is 0 Å². The lowest BCUT2D eigenvalue weighted by atomic mass is 10.2. The standard InChI is InChI=1S/C16H25N3O3/c1-5-17-14(20)12-6-8-13(9-7-12)18-10-11-19-15(21)22-16(2,3)4/h6-9,18H,5,10-11H2,1-4H3,(H,17,20)(H,19,21). The molecule has 2 amide bonds. The highest BCUT2D eigenvalue weighted by Gasteiger charge is 2.15. The van der Waals surface area contributed by atoms with Crippen LogP contribution in [0, 0.1) is 0 Å². The van der Waals surface area contributed by atoms with Crippen molar-refractivity contribution in [3.8, 4) is 0 Å². The van der Waals surface area contributed by atoms with Gasteiger partial charge in [-0.15, -0.1) is 0 Å². The van der Waals surface area contributed by atoms with Crippen molar-refractivity contribution < 1.29 is 14.3 Å². The Balaban J connectivity index is 2.31. The van der Waals surface area contributed by atoms with Gasteiger partial charge in [-0.3, -0.25) is 4.79 Å². The molecule has 1 aromatic rings. The molecule has 6 heteroatoms. The largest absolute Gasteiger partial charge is 0.444 e. The van der Waals surface area contributed by atoms with Crippen LogP contribution in [0.4, 0.5) is 10.5 Å². The van der Waals surface area contributed by atoms with E-state index >= 15 is 0 Å². The van der Waals surface area contributed by atoms with Crippen molar-refractivity contribution in [2.75, 3.05) is 25.0 Å². The fourth-order valence-corrected chi connectivity index (χ4v) is 1.69. The minimum atomic E-state index is -0.494. The molecule has 0 aromatic heterocycles. The van der Waals surface area contributed by atoms with Crippen LogP contribution in [0.25, 0.3) is 0 Å². The van der Waals surface area contributed by atoms with Crippen molar-refractivity contribution in [1.29, 1.82) is 0 Å². The molecule has 122 valence electrons. The van der Waals surface area contributed by atoms with Gasteiger partial charge in [0.05, 0.1) is 0 Å². The van der Waals surface area contributed by atoms with E-state index in [4.69, 9.17) is 4.74 Å². The molecule has 0 fully saturated rings. The molecule has 0 aliphatic rings. The van der Waals surface area contributed by atoms with Gasteiger partial charge >= 0.3 is 6.09 Å². The first-order valence-electron chi connectivity index (χ1n) is 7.41. The highest BCUT2D eigenvalue weighted by Crippen LogP contribution is 2.09. The van der Waals surface area contributed by atoms with Crippen LogP contribution in [0.1, 0.15) is 38.1 Å². The number of carbonyl (C=O) groups excluding carboxylic acids is 2. The first-order valence-corrected chi connectivity index (χ1v) is 7.41. The molecule has 0 aliphatic carbocycles. The molecule has 0 unspecified atom stereocenters. The van der Waals surface area contributed by atoms with Crippen LogP contribution < -0.4 is 16.0 Å². The molecule has 1 rings (SSSR count). The summed E-state index contributed by atoms with van der Waals surface area (Å²) >= 11 is 0. The third-order valence-corrected chi connectivity index (χ3v) is 2.61. The number of ether oxygens (including phenoxy) is 1. The van der Waals surface area contributed by atoms with Gasteiger partial charge in [-0.05, 0) is 52.0 Å². The molecular formula is C16H25N3O3. The third-order valence-electron chi connectivity index (χ3n) is 2.61. The summed E-state index contributed by atoms with van der Waals surface area (Å²) in [6.07, 6.45) is -0.430. The van der Waals surface area contributed by atoms with Gasteiger partial charge in [-0.2, -0.15) is 0 Å². The molecule has 0 saturated heterocycles. The SMILES string of the molecule is CCNC(=O)c1ccc(NCCNC(=O)OC(C)(C)C)cc1. The van der Waals surface area contributed by atoms with Gasteiger partial charge in [-0.25, -0.2) is 4.79 Å². The second-order valence-corrected chi connectivity index (χ2v) is 5.79. The van der Waals surface area contributed by atoms with Crippen molar-refractivity contribution in [2.24, 2.45) is 0 Å². The molecular weight excluding hydrogens is 282 g/mol. The number of hydrogen-bond donors (Lipinski definition) is 3. The lowest BCUT2D eigenvalue weighted by Gasteiger charge is -2.19. The minimum absolute atomic E-state index is 0.0827. The molecule has 3 N–H and O–H groups in total. The fourth-order valence-electron chi connectivity index (χ4n) is 1.69. The van der Waals surface area contributed by atoms with Crippen LogP contribution in [-0.2, 0) is 4.74 Å². The van der Waals surface area contributed by atoms with Crippen LogP contribution in [0.2, 0.25) is 0 Å². The smallest absolute Gasteiger partial charge is 0.407 e. The number of nitrogens with one attached hydrogen (secondary N) is 3. The monoisotopic (exact) mass is 307 g/mol. The normalized spacial score (nSPS) is 10.7. The summed E-state index contributed by atoms with van der Waals surface area (Å²) in [6.45, 7) is 8.97. The Morgan fingerprint density at radius 1 is 1.05 bits per heavy atom. The number of alkyl carbamates (subject to hydrolysis) is 1. The molecule has 0 heterocycles. The van der Waals surface area contributed by atoms with E-state index in [1.165, 1.54) is 0 Å². The zero-order chi connectivity index (χ0) is 16.6. The predicted octanol–water partition coefficient (Wildman–Crippen LogP) is 2.37. The van der Waals surface area contributed by atoms with Gasteiger partial charge < -0.3 is 20.7 Å². The first kappa shape index (κ1) is 17.8. The van der Waals surface area contributed by atoms with E-state index in [1.807, 2.05) is 39.8 Å². The Hall–Kier alpha value is -2.24. The van der Waals surface area contributed by atoms with Crippen LogP contribution in [0.3, 0.4) is 0 Å². The van der Waals surface area contributed by atoms with Gasteiger partial charge in [0, 0.05) is 30.9 Å². The first-order chi connectivity index (χ1) is 10.3. The quantitative estimate of drug-likeness (QED) is 0.705. The molecule has 0 atom stereocenters. The number of amides is 2. The minimum Gasteiger partial charge on any atom is -0.444 e. The summed E-state index contributed by atoms with van der Waals surface area (Å²) in [5, 5.41) is 8.57. The van der Waals surface area contributed by atoms with E-state index in [-0.39, 0.29) is 5.91 Å². The number of rotatable bonds is 6. The van der Waals surface area contributed by atoms with Gasteiger partial charge in [0.15, 0.2) is 0 Å². The molecule has 6 nitrogen and oxygen atoms in total. The van der Waals surface area contributed by atoms with Crippen molar-refractivity contribution >= 4 is 17.7 Å². The average molecular weight is 307 g/mol. The van der Waals surface area contributed by atoms with Gasteiger partial charge in [0.1, 0.15) is 5.60 Å². The summed E-state index contributed by atoms with van der Waals surface area (Å²) in [5.41, 5.74) is 1.02. The summed E-state index contributed by atoms with van der Waals surface area (Å²) < 4.78 is 5.13. The van der Waals surface area contributed by atoms with Gasteiger partial charge in [0.2, 0.25) is 0 Å². The summed E-state index contributed by atoms with van der Waals surface area (Å²) in [6, 6.07) is 7.18. The molecule has 0 saturated carbocycles. The second kappa shape index (κ2) is 8.26. The Kier molecular flexibility index (Phi) is 6.69. The predicted molar refractivity (Wildman–Crippen MR) is 87.2 cm³/mol. The Bertz CT molecular complexity index is 492. The van der Waals surface area contributed by atoms with E-state index in [0.29, 0.717) is 25.2 Å². The number of carbonyl (C=O) groups is 2. The van der Waals surface area contributed by atoms with E-state index in [2.05, 4.69) is 16.0 Å². The highest BCUT2D eigenvalue weighted by atomic mass is 16.6. The van der Waals surface area contributed by atoms with Crippen molar-refractivity contribution in [1.82, 2.24) is 10.6 Å². The van der Waals surface area contributed by atoms with Crippen molar-refractivity contribution in [3.05, 3.63) is 29.8 Å². The highest BCUT2D eigenvalue weighted by molar-refractivity contribution is 5.94. The second-order valence-electron chi connectivity index (χ2n) is 5.79. The van der Waals surface area contributed by atoms with E-state index in [9.17, 15) is 9.59 Å². The van der Waals surface area contributed by atoms with Crippen LogP contribution in [0.15, 0.2) is 24.3 Å². The Morgan fingerprint density at radius 2 is 1.68 bits per heavy atom. The molecule has 22 heavy (non-hydrogen) atoms. The van der Waals surface area contributed by atoms with Crippen LogP contribution >= 0.6 is 0 Å². The van der Waals surface area contributed by atoms with Crippen LogP contribution in [-0.4, -0.2) is 37.2 Å². The molecule has 0 radical (unpaired) electrons. The summed E-state index contributed by atoms with van der Waals surface area (Å²) in [4.78, 5) is 23.1. The van der Waals surface area contributed by atoms with E-state index in [0.717, 1.165) is 5.69 Å². The van der Waals surface area contributed by atoms with Gasteiger partial charge in [0.25, 0.3) is 5.91 Å². The lowest BCUT2D eigenvalue weighted by molar-refractivity contribution is 0.0530. The maximum Gasteiger partial charge on any atom is 0.407 e. The van der Waals surface area contributed by atoms with Crippen LogP contribution in [0.5, 0.6) is 0 Å². The molecule has 0 bridgehead atoms. The lowest BCUT2D eigenvalue weighted by Crippen LogP contribution is -2.35. The third kappa shape index (κ3) is 6.97. The summed E-state index contributed by atoms with van der Waals surface area (Å²) in [5.74, 6) is -0.0827. The van der Waals surface area contributed by atoms with E-state index in [1.54, 1.807) is 12.1 Å². The molecule has 0 aliphatic heterocycles. The number of anilines is 1. The summed E-state index contributed by atoms with van der Waals surface area (Å²) in [7, 11) is 0. The Morgan fingerprint density at radius 3 is 2.23 bits per heavy atom. The van der Waals surface area contributed by atoms with E-state index < -0.39 is 11.7 Å². The molecule has 1 aromatic carbocycles. The zero-order valence-electron chi connectivity index (χ0n) is 13.7. The fraction of sp³-hybridized carbons (Fsp3) is 0.500. The maximum absolute atomic E-state index is 11.6. The number of benzene rings is 1.